The lowest BCUT2D eigenvalue weighted by Gasteiger charge is -2.19. The Labute approximate surface area is 165 Å². The van der Waals surface area contributed by atoms with Gasteiger partial charge in [-0.25, -0.2) is 4.98 Å². The molecule has 1 heterocycles. The van der Waals surface area contributed by atoms with Crippen LogP contribution >= 0.6 is 11.3 Å². The molecule has 1 aromatic carbocycles. The number of nitrogens with one attached hydrogen (secondary N) is 1. The van der Waals surface area contributed by atoms with Gasteiger partial charge < -0.3 is 10.1 Å². The van der Waals surface area contributed by atoms with E-state index < -0.39 is 6.04 Å². The number of esters is 1. The third kappa shape index (κ3) is 6.47. The number of carbonyl (C=O) groups excluding carboxylic acids is 2. The van der Waals surface area contributed by atoms with Crippen LogP contribution in [-0.4, -0.2) is 23.0 Å². The highest BCUT2D eigenvalue weighted by Gasteiger charge is 2.23. The molecule has 0 bridgehead atoms. The first-order valence-corrected chi connectivity index (χ1v) is 10.1. The first-order chi connectivity index (χ1) is 12.8. The topological polar surface area (TPSA) is 68.3 Å². The van der Waals surface area contributed by atoms with Crippen LogP contribution in [0.4, 0.5) is 0 Å². The zero-order valence-corrected chi connectivity index (χ0v) is 17.4. The van der Waals surface area contributed by atoms with Crippen molar-refractivity contribution in [3.8, 4) is 0 Å². The molecular formula is C21H28N2O3S. The van der Waals surface area contributed by atoms with Gasteiger partial charge in [-0.05, 0) is 32.3 Å². The van der Waals surface area contributed by atoms with Gasteiger partial charge in [0, 0.05) is 6.42 Å². The van der Waals surface area contributed by atoms with E-state index in [1.165, 1.54) is 11.3 Å². The summed E-state index contributed by atoms with van der Waals surface area (Å²) in [6.45, 7) is 9.72. The van der Waals surface area contributed by atoms with Crippen molar-refractivity contribution in [1.82, 2.24) is 10.3 Å². The molecule has 1 aromatic heterocycles. The maximum Gasteiger partial charge on any atom is 0.308 e. The predicted molar refractivity (Wildman–Crippen MR) is 108 cm³/mol. The molecule has 1 atom stereocenters. The molecule has 0 saturated carbocycles. The van der Waals surface area contributed by atoms with E-state index in [1.54, 1.807) is 0 Å². The number of amides is 1. The van der Waals surface area contributed by atoms with E-state index in [0.29, 0.717) is 10.8 Å². The van der Waals surface area contributed by atoms with E-state index in [2.05, 4.69) is 24.1 Å². The van der Waals surface area contributed by atoms with Crippen LogP contribution < -0.4 is 5.32 Å². The molecule has 6 heteroatoms. The molecule has 2 aromatic rings. The van der Waals surface area contributed by atoms with E-state index in [0.717, 1.165) is 22.7 Å². The SMILES string of the molecule is Cc1nc(CC(C)C)sc1C(=O)NC(CC(=O)OC(C)C)c1ccccc1. The van der Waals surface area contributed by atoms with Crippen LogP contribution in [0.25, 0.3) is 0 Å². The molecule has 1 N–H and O–H groups in total. The fraction of sp³-hybridized carbons (Fsp3) is 0.476. The second kappa shape index (κ2) is 9.65. The molecule has 5 nitrogen and oxygen atoms in total. The van der Waals surface area contributed by atoms with Gasteiger partial charge in [0.05, 0.1) is 29.3 Å². The van der Waals surface area contributed by atoms with Crippen LogP contribution in [0.5, 0.6) is 0 Å². The van der Waals surface area contributed by atoms with E-state index >= 15 is 0 Å². The Balaban J connectivity index is 2.18. The highest BCUT2D eigenvalue weighted by molar-refractivity contribution is 7.13. The average molecular weight is 389 g/mol. The van der Waals surface area contributed by atoms with Crippen LogP contribution in [0.3, 0.4) is 0 Å². The number of thiazole rings is 1. The summed E-state index contributed by atoms with van der Waals surface area (Å²) in [4.78, 5) is 30.1. The van der Waals surface area contributed by atoms with Gasteiger partial charge in [-0.15, -0.1) is 11.3 Å². The molecule has 1 amide bonds. The molecule has 27 heavy (non-hydrogen) atoms. The number of ether oxygens (including phenoxy) is 1. The average Bonchev–Trinajstić information content (AvgIpc) is 2.94. The van der Waals surface area contributed by atoms with Gasteiger partial charge >= 0.3 is 5.97 Å². The van der Waals surface area contributed by atoms with Crippen LogP contribution in [0.2, 0.25) is 0 Å². The van der Waals surface area contributed by atoms with E-state index in [9.17, 15) is 9.59 Å². The Kier molecular flexibility index (Phi) is 7.54. The highest BCUT2D eigenvalue weighted by Crippen LogP contribution is 2.23. The van der Waals surface area contributed by atoms with E-state index in [4.69, 9.17) is 4.74 Å². The van der Waals surface area contributed by atoms with Crippen molar-refractivity contribution in [2.75, 3.05) is 0 Å². The number of rotatable bonds is 8. The van der Waals surface area contributed by atoms with E-state index in [1.807, 2.05) is 51.1 Å². The molecule has 1 unspecified atom stereocenters. The Hall–Kier alpha value is -2.21. The lowest BCUT2D eigenvalue weighted by Crippen LogP contribution is -2.31. The zero-order valence-electron chi connectivity index (χ0n) is 16.6. The van der Waals surface area contributed by atoms with Crippen molar-refractivity contribution in [1.29, 1.82) is 0 Å². The molecule has 0 aliphatic carbocycles. The lowest BCUT2D eigenvalue weighted by atomic mass is 10.0. The summed E-state index contributed by atoms with van der Waals surface area (Å²) < 4.78 is 5.26. The zero-order chi connectivity index (χ0) is 20.0. The van der Waals surface area contributed by atoms with Gasteiger partial charge in [-0.1, -0.05) is 44.2 Å². The molecule has 0 aliphatic rings. The highest BCUT2D eigenvalue weighted by atomic mass is 32.1. The first kappa shape index (κ1) is 21.1. The number of benzene rings is 1. The third-order valence-electron chi connectivity index (χ3n) is 3.88. The minimum absolute atomic E-state index is 0.0879. The van der Waals surface area contributed by atoms with Gasteiger partial charge in [-0.2, -0.15) is 0 Å². The monoisotopic (exact) mass is 388 g/mol. The molecule has 146 valence electrons. The fourth-order valence-corrected chi connectivity index (χ4v) is 3.92. The normalized spacial score (nSPS) is 12.3. The van der Waals surface area contributed by atoms with Crippen LogP contribution in [0.1, 0.15) is 66.1 Å². The summed E-state index contributed by atoms with van der Waals surface area (Å²) in [6, 6.07) is 9.04. The predicted octanol–water partition coefficient (Wildman–Crippen LogP) is 4.46. The van der Waals surface area contributed by atoms with Crippen molar-refractivity contribution < 1.29 is 14.3 Å². The summed E-state index contributed by atoms with van der Waals surface area (Å²) in [6.07, 6.45) is 0.749. The molecule has 2 rings (SSSR count). The molecule has 0 radical (unpaired) electrons. The summed E-state index contributed by atoms with van der Waals surface area (Å²) in [7, 11) is 0. The summed E-state index contributed by atoms with van der Waals surface area (Å²) in [5.41, 5.74) is 1.60. The van der Waals surface area contributed by atoms with Gasteiger partial charge in [0.1, 0.15) is 4.88 Å². The second-order valence-corrected chi connectivity index (χ2v) is 8.38. The van der Waals surface area contributed by atoms with Crippen molar-refractivity contribution in [3.05, 3.63) is 51.5 Å². The third-order valence-corrected chi connectivity index (χ3v) is 5.05. The number of hydrogen-bond acceptors (Lipinski definition) is 5. The quantitative estimate of drug-likeness (QED) is 0.678. The van der Waals surface area contributed by atoms with Crippen LogP contribution in [0, 0.1) is 12.8 Å². The van der Waals surface area contributed by atoms with Crippen LogP contribution in [-0.2, 0) is 16.0 Å². The molecular weight excluding hydrogens is 360 g/mol. The summed E-state index contributed by atoms with van der Waals surface area (Å²) >= 11 is 1.42. The Morgan fingerprint density at radius 1 is 1.15 bits per heavy atom. The molecule has 0 spiro atoms. The van der Waals surface area contributed by atoms with Crippen molar-refractivity contribution in [3.63, 3.8) is 0 Å². The molecule has 0 fully saturated rings. The maximum atomic E-state index is 12.9. The number of aromatic nitrogens is 1. The van der Waals surface area contributed by atoms with Crippen molar-refractivity contribution in [2.24, 2.45) is 5.92 Å². The standard InChI is InChI=1S/C21H28N2O3S/c1-13(2)11-18-22-15(5)20(27-18)21(25)23-17(12-19(24)26-14(3)4)16-9-7-6-8-10-16/h6-10,13-14,17H,11-12H2,1-5H3,(H,23,25). The molecule has 0 saturated heterocycles. The van der Waals surface area contributed by atoms with Crippen molar-refractivity contribution >= 4 is 23.2 Å². The van der Waals surface area contributed by atoms with Crippen LogP contribution in [0.15, 0.2) is 30.3 Å². The van der Waals surface area contributed by atoms with Crippen molar-refractivity contribution in [2.45, 2.75) is 59.6 Å². The smallest absolute Gasteiger partial charge is 0.308 e. The number of carbonyl (C=O) groups is 2. The van der Waals surface area contributed by atoms with Gasteiger partial charge in [0.25, 0.3) is 5.91 Å². The Morgan fingerprint density at radius 3 is 2.41 bits per heavy atom. The molecule has 0 aliphatic heterocycles. The van der Waals surface area contributed by atoms with Gasteiger partial charge in [0.2, 0.25) is 0 Å². The lowest BCUT2D eigenvalue weighted by molar-refractivity contribution is -0.147. The number of aryl methyl sites for hydroxylation is 1. The fourth-order valence-electron chi connectivity index (χ4n) is 2.74. The maximum absolute atomic E-state index is 12.9. The van der Waals surface area contributed by atoms with Gasteiger partial charge in [0.15, 0.2) is 0 Å². The minimum Gasteiger partial charge on any atom is -0.463 e. The minimum atomic E-state index is -0.444. The second-order valence-electron chi connectivity index (χ2n) is 7.30. The summed E-state index contributed by atoms with van der Waals surface area (Å²) in [5.74, 6) is -0.0544. The Bertz CT molecular complexity index is 769. The largest absolute Gasteiger partial charge is 0.463 e. The summed E-state index contributed by atoms with van der Waals surface area (Å²) in [5, 5.41) is 3.95. The number of nitrogens with zero attached hydrogens (tertiary/aromatic N) is 1. The van der Waals surface area contributed by atoms with Gasteiger partial charge in [-0.3, -0.25) is 9.59 Å². The van der Waals surface area contributed by atoms with E-state index in [-0.39, 0.29) is 24.4 Å². The number of hydrogen-bond donors (Lipinski definition) is 1. The first-order valence-electron chi connectivity index (χ1n) is 9.27. The Morgan fingerprint density at radius 2 is 1.81 bits per heavy atom.